The Balaban J connectivity index is 1.77. The standard InChI is InChI=1S/C17H13ClN2O2S/c1-22-12-8-6-11(7-9-12)20-17-19-10-15(23-17)16(21)13-4-2-3-5-14(13)18/h2-10H,1H3,(H,19,20). The van der Waals surface area contributed by atoms with E-state index in [4.69, 9.17) is 16.3 Å². The molecule has 0 bridgehead atoms. The molecule has 0 atom stereocenters. The van der Waals surface area contributed by atoms with E-state index in [2.05, 4.69) is 10.3 Å². The summed E-state index contributed by atoms with van der Waals surface area (Å²) < 4.78 is 5.12. The van der Waals surface area contributed by atoms with Gasteiger partial charge in [0.25, 0.3) is 0 Å². The maximum Gasteiger partial charge on any atom is 0.206 e. The summed E-state index contributed by atoms with van der Waals surface area (Å²) in [5.74, 6) is 0.653. The number of rotatable bonds is 5. The molecule has 6 heteroatoms. The van der Waals surface area contributed by atoms with Gasteiger partial charge >= 0.3 is 0 Å². The lowest BCUT2D eigenvalue weighted by Crippen LogP contribution is -1.98. The molecule has 23 heavy (non-hydrogen) atoms. The Labute approximate surface area is 142 Å². The van der Waals surface area contributed by atoms with E-state index in [0.717, 1.165) is 11.4 Å². The number of halogens is 1. The molecule has 0 aliphatic heterocycles. The fourth-order valence-electron chi connectivity index (χ4n) is 2.01. The van der Waals surface area contributed by atoms with Crippen LogP contribution in [0.2, 0.25) is 5.02 Å². The van der Waals surface area contributed by atoms with Crippen molar-refractivity contribution in [3.8, 4) is 5.75 Å². The van der Waals surface area contributed by atoms with E-state index in [1.807, 2.05) is 24.3 Å². The number of carbonyl (C=O) groups is 1. The molecule has 2 aromatic carbocycles. The molecule has 1 aromatic heterocycles. The first-order valence-electron chi connectivity index (χ1n) is 6.83. The highest BCUT2D eigenvalue weighted by atomic mass is 35.5. The lowest BCUT2D eigenvalue weighted by Gasteiger charge is -2.04. The van der Waals surface area contributed by atoms with Crippen LogP contribution in [-0.4, -0.2) is 17.9 Å². The average molecular weight is 345 g/mol. The Morgan fingerprint density at radius 1 is 1.17 bits per heavy atom. The zero-order chi connectivity index (χ0) is 16.2. The Hall–Kier alpha value is -2.37. The van der Waals surface area contributed by atoms with Crippen molar-refractivity contribution in [2.75, 3.05) is 12.4 Å². The van der Waals surface area contributed by atoms with E-state index < -0.39 is 0 Å². The molecule has 0 aliphatic carbocycles. The predicted octanol–water partition coefficient (Wildman–Crippen LogP) is 4.78. The molecule has 3 aromatic rings. The van der Waals surface area contributed by atoms with Crippen LogP contribution in [-0.2, 0) is 0 Å². The van der Waals surface area contributed by atoms with Gasteiger partial charge in [-0.25, -0.2) is 4.98 Å². The number of methoxy groups -OCH3 is 1. The quantitative estimate of drug-likeness (QED) is 0.677. The molecule has 0 amide bonds. The number of anilines is 2. The third-order valence-electron chi connectivity index (χ3n) is 3.19. The van der Waals surface area contributed by atoms with Crippen LogP contribution in [0, 0.1) is 0 Å². The lowest BCUT2D eigenvalue weighted by atomic mass is 10.1. The van der Waals surface area contributed by atoms with Gasteiger partial charge in [-0.15, -0.1) is 0 Å². The van der Waals surface area contributed by atoms with Crippen molar-refractivity contribution >= 4 is 39.5 Å². The smallest absolute Gasteiger partial charge is 0.206 e. The van der Waals surface area contributed by atoms with E-state index in [-0.39, 0.29) is 5.78 Å². The third-order valence-corrected chi connectivity index (χ3v) is 4.43. The van der Waals surface area contributed by atoms with Crippen molar-refractivity contribution in [1.29, 1.82) is 0 Å². The van der Waals surface area contributed by atoms with Gasteiger partial charge in [-0.05, 0) is 36.4 Å². The van der Waals surface area contributed by atoms with Crippen LogP contribution < -0.4 is 10.1 Å². The van der Waals surface area contributed by atoms with Crippen molar-refractivity contribution in [2.24, 2.45) is 0 Å². The first-order valence-corrected chi connectivity index (χ1v) is 8.03. The number of thiazole rings is 1. The van der Waals surface area contributed by atoms with Crippen molar-refractivity contribution < 1.29 is 9.53 Å². The number of hydrogen-bond acceptors (Lipinski definition) is 5. The molecule has 0 spiro atoms. The normalized spacial score (nSPS) is 10.3. The van der Waals surface area contributed by atoms with Crippen LogP contribution >= 0.6 is 22.9 Å². The zero-order valence-electron chi connectivity index (χ0n) is 12.2. The molecule has 0 unspecified atom stereocenters. The van der Waals surface area contributed by atoms with Gasteiger partial charge in [-0.1, -0.05) is 35.1 Å². The van der Waals surface area contributed by atoms with E-state index in [1.54, 1.807) is 37.6 Å². The van der Waals surface area contributed by atoms with Crippen LogP contribution in [0.25, 0.3) is 0 Å². The topological polar surface area (TPSA) is 51.2 Å². The summed E-state index contributed by atoms with van der Waals surface area (Å²) in [6.45, 7) is 0. The Kier molecular flexibility index (Phi) is 4.60. The maximum absolute atomic E-state index is 12.5. The molecule has 0 aliphatic rings. The first-order chi connectivity index (χ1) is 11.2. The minimum absolute atomic E-state index is 0.129. The molecule has 0 saturated carbocycles. The second-order valence-electron chi connectivity index (χ2n) is 4.69. The second-order valence-corrected chi connectivity index (χ2v) is 6.13. The number of hydrogen-bond donors (Lipinski definition) is 1. The molecular weight excluding hydrogens is 332 g/mol. The van der Waals surface area contributed by atoms with E-state index >= 15 is 0 Å². The minimum Gasteiger partial charge on any atom is -0.497 e. The van der Waals surface area contributed by atoms with Crippen LogP contribution in [0.15, 0.2) is 54.7 Å². The summed E-state index contributed by atoms with van der Waals surface area (Å²) in [6, 6.07) is 14.5. The van der Waals surface area contributed by atoms with Crippen molar-refractivity contribution in [3.63, 3.8) is 0 Å². The molecule has 116 valence electrons. The number of ether oxygens (including phenoxy) is 1. The van der Waals surface area contributed by atoms with Crippen LogP contribution in [0.4, 0.5) is 10.8 Å². The molecule has 1 N–H and O–H groups in total. The average Bonchev–Trinajstić information content (AvgIpc) is 3.04. The molecule has 4 nitrogen and oxygen atoms in total. The SMILES string of the molecule is COc1ccc(Nc2ncc(C(=O)c3ccccc3Cl)s2)cc1. The number of aromatic nitrogens is 1. The van der Waals surface area contributed by atoms with Gasteiger partial charge in [0.2, 0.25) is 5.78 Å². The zero-order valence-corrected chi connectivity index (χ0v) is 13.8. The van der Waals surface area contributed by atoms with Crippen LogP contribution in [0.3, 0.4) is 0 Å². The molecule has 0 saturated heterocycles. The summed E-state index contributed by atoms with van der Waals surface area (Å²) in [6.07, 6.45) is 1.56. The summed E-state index contributed by atoms with van der Waals surface area (Å²) in [7, 11) is 1.62. The Morgan fingerprint density at radius 3 is 2.61 bits per heavy atom. The van der Waals surface area contributed by atoms with Gasteiger partial charge in [-0.3, -0.25) is 4.79 Å². The number of carbonyl (C=O) groups excluding carboxylic acids is 1. The van der Waals surface area contributed by atoms with E-state index in [9.17, 15) is 4.79 Å². The van der Waals surface area contributed by atoms with Gasteiger partial charge in [0.15, 0.2) is 5.13 Å². The van der Waals surface area contributed by atoms with Gasteiger partial charge in [0, 0.05) is 11.3 Å². The van der Waals surface area contributed by atoms with E-state index in [0.29, 0.717) is 20.6 Å². The summed E-state index contributed by atoms with van der Waals surface area (Å²) in [5.41, 5.74) is 1.35. The second kappa shape index (κ2) is 6.81. The minimum atomic E-state index is -0.129. The fourth-order valence-corrected chi connectivity index (χ4v) is 3.03. The van der Waals surface area contributed by atoms with Crippen LogP contribution in [0.1, 0.15) is 15.2 Å². The Bertz CT molecular complexity index is 831. The van der Waals surface area contributed by atoms with Crippen molar-refractivity contribution in [2.45, 2.75) is 0 Å². The third kappa shape index (κ3) is 3.52. The molecule has 0 radical (unpaired) electrons. The summed E-state index contributed by atoms with van der Waals surface area (Å²) >= 11 is 7.36. The predicted molar refractivity (Wildman–Crippen MR) is 93.3 cm³/mol. The van der Waals surface area contributed by atoms with Gasteiger partial charge in [0.1, 0.15) is 5.75 Å². The van der Waals surface area contributed by atoms with Crippen molar-refractivity contribution in [1.82, 2.24) is 4.98 Å². The molecular formula is C17H13ClN2O2S. The molecule has 3 rings (SSSR count). The number of nitrogens with one attached hydrogen (secondary N) is 1. The van der Waals surface area contributed by atoms with Crippen molar-refractivity contribution in [3.05, 3.63) is 70.2 Å². The summed E-state index contributed by atoms with van der Waals surface area (Å²) in [5, 5.41) is 4.25. The van der Waals surface area contributed by atoms with Gasteiger partial charge < -0.3 is 10.1 Å². The van der Waals surface area contributed by atoms with Gasteiger partial charge in [-0.2, -0.15) is 0 Å². The first kappa shape index (κ1) is 15.5. The summed E-state index contributed by atoms with van der Waals surface area (Å²) in [4.78, 5) is 17.2. The highest BCUT2D eigenvalue weighted by Gasteiger charge is 2.15. The molecule has 0 fully saturated rings. The number of nitrogens with zero attached hydrogens (tertiary/aromatic N) is 1. The van der Waals surface area contributed by atoms with Gasteiger partial charge in [0.05, 0.1) is 23.2 Å². The largest absolute Gasteiger partial charge is 0.497 e. The monoisotopic (exact) mass is 344 g/mol. The number of ketones is 1. The highest BCUT2D eigenvalue weighted by Crippen LogP contribution is 2.27. The maximum atomic E-state index is 12.5. The Morgan fingerprint density at radius 2 is 1.91 bits per heavy atom. The fraction of sp³-hybridized carbons (Fsp3) is 0.0588. The van der Waals surface area contributed by atoms with E-state index in [1.165, 1.54) is 11.3 Å². The van der Waals surface area contributed by atoms with Crippen LogP contribution in [0.5, 0.6) is 5.75 Å². The molecule has 1 heterocycles. The lowest BCUT2D eigenvalue weighted by molar-refractivity contribution is 0.104. The highest BCUT2D eigenvalue weighted by molar-refractivity contribution is 7.17. The number of benzene rings is 2.